The van der Waals surface area contributed by atoms with Gasteiger partial charge in [-0.05, 0) is 5.21 Å². The molecule has 1 N–H and O–H groups in total. The van der Waals surface area contributed by atoms with Crippen LogP contribution in [-0.4, -0.2) is 30.2 Å². The maximum absolute atomic E-state index is 5.59. The number of halogens is 1. The van der Waals surface area contributed by atoms with E-state index < -0.39 is 0 Å². The molecule has 8 heteroatoms. The summed E-state index contributed by atoms with van der Waals surface area (Å²) in [5.74, 6) is 1.21. The highest BCUT2D eigenvalue weighted by atomic mass is 35.5. The molecule has 0 amide bonds. The summed E-state index contributed by atoms with van der Waals surface area (Å²) in [5.41, 5.74) is 0. The third-order valence-electron chi connectivity index (χ3n) is 1.60. The largest absolute Gasteiger partial charge is 0.361 e. The van der Waals surface area contributed by atoms with Gasteiger partial charge in [0.15, 0.2) is 5.82 Å². The number of aryl methyl sites for hydroxylation is 1. The lowest BCUT2D eigenvalue weighted by Crippen LogP contribution is -2.03. The van der Waals surface area contributed by atoms with Crippen molar-refractivity contribution >= 4 is 17.4 Å². The molecule has 2 heterocycles. The molecule has 0 saturated carbocycles. The number of rotatable bonds is 3. The summed E-state index contributed by atoms with van der Waals surface area (Å²) in [4.78, 5) is 9.28. The Labute approximate surface area is 90.5 Å². The van der Waals surface area contributed by atoms with Crippen molar-refractivity contribution in [2.24, 2.45) is 7.05 Å². The zero-order chi connectivity index (χ0) is 10.7. The Kier molecular flexibility index (Phi) is 2.72. The Morgan fingerprint density at radius 2 is 2.27 bits per heavy atom. The summed E-state index contributed by atoms with van der Waals surface area (Å²) in [7, 11) is 1.71. The van der Waals surface area contributed by atoms with Crippen molar-refractivity contribution in [1.82, 2.24) is 30.2 Å². The molecular weight excluding hydrogens is 218 g/mol. The fourth-order valence-electron chi connectivity index (χ4n) is 0.967. The molecule has 0 aliphatic rings. The molecule has 0 unspecified atom stereocenters. The summed E-state index contributed by atoms with van der Waals surface area (Å²) in [6.45, 7) is 0.449. The van der Waals surface area contributed by atoms with Crippen LogP contribution in [0, 0.1) is 0 Å². The quantitative estimate of drug-likeness (QED) is 0.807. The molecule has 0 aromatic carbocycles. The van der Waals surface area contributed by atoms with E-state index in [4.69, 9.17) is 11.6 Å². The molecule has 2 aromatic heterocycles. The van der Waals surface area contributed by atoms with Crippen molar-refractivity contribution in [1.29, 1.82) is 0 Å². The average Bonchev–Trinajstić information content (AvgIpc) is 2.64. The van der Waals surface area contributed by atoms with Crippen LogP contribution in [0.15, 0.2) is 12.4 Å². The van der Waals surface area contributed by atoms with Crippen molar-refractivity contribution in [3.05, 3.63) is 23.4 Å². The Bertz CT molecular complexity index is 437. The maximum atomic E-state index is 5.59. The van der Waals surface area contributed by atoms with Gasteiger partial charge in [-0.25, -0.2) is 9.97 Å². The van der Waals surface area contributed by atoms with E-state index in [0.717, 1.165) is 0 Å². The zero-order valence-corrected chi connectivity index (χ0v) is 8.68. The topological polar surface area (TPSA) is 81.4 Å². The van der Waals surface area contributed by atoms with Crippen LogP contribution in [0.4, 0.5) is 5.82 Å². The molecule has 0 aliphatic carbocycles. The summed E-state index contributed by atoms with van der Waals surface area (Å²) in [6, 6.07) is 0. The fourth-order valence-corrected chi connectivity index (χ4v) is 1.06. The van der Waals surface area contributed by atoms with Crippen molar-refractivity contribution < 1.29 is 0 Å². The normalized spacial score (nSPS) is 10.3. The molecule has 15 heavy (non-hydrogen) atoms. The maximum Gasteiger partial charge on any atom is 0.193 e. The zero-order valence-electron chi connectivity index (χ0n) is 7.92. The lowest BCUT2D eigenvalue weighted by Gasteiger charge is -2.00. The van der Waals surface area contributed by atoms with Crippen LogP contribution in [-0.2, 0) is 13.6 Å². The van der Waals surface area contributed by atoms with E-state index in [1.807, 2.05) is 0 Å². The minimum atomic E-state index is 0.359. The minimum absolute atomic E-state index is 0.359. The summed E-state index contributed by atoms with van der Waals surface area (Å²) >= 11 is 5.59. The monoisotopic (exact) mass is 225 g/mol. The Balaban J connectivity index is 1.96. The molecule has 7 nitrogen and oxygen atoms in total. The second-order valence-electron chi connectivity index (χ2n) is 2.77. The molecule has 0 aliphatic heterocycles. The van der Waals surface area contributed by atoms with E-state index in [-0.39, 0.29) is 0 Å². The molecule has 0 bridgehead atoms. The van der Waals surface area contributed by atoms with Gasteiger partial charge in [-0.1, -0.05) is 11.6 Å². The predicted octanol–water partition coefficient (Wildman–Crippen LogP) is 0.266. The molecule has 2 aromatic rings. The first-order valence-electron chi connectivity index (χ1n) is 4.18. The van der Waals surface area contributed by atoms with E-state index in [1.54, 1.807) is 13.2 Å². The number of nitrogens with one attached hydrogen (secondary N) is 1. The van der Waals surface area contributed by atoms with Gasteiger partial charge < -0.3 is 5.32 Å². The van der Waals surface area contributed by atoms with Crippen LogP contribution < -0.4 is 5.32 Å². The standard InChI is InChI=1S/C7H8ClN7/c1-15-13-7(12-14-15)4-11-6-3-9-5(8)2-10-6/h2-3H,4H2,1H3,(H,10,11). The average molecular weight is 226 g/mol. The number of tetrazole rings is 1. The molecule has 0 spiro atoms. The van der Waals surface area contributed by atoms with E-state index in [1.165, 1.54) is 11.0 Å². The van der Waals surface area contributed by atoms with Crippen molar-refractivity contribution in [2.45, 2.75) is 6.54 Å². The van der Waals surface area contributed by atoms with E-state index in [9.17, 15) is 0 Å². The molecule has 78 valence electrons. The lowest BCUT2D eigenvalue weighted by atomic mass is 10.5. The van der Waals surface area contributed by atoms with Crippen molar-refractivity contribution in [3.63, 3.8) is 0 Å². The molecule has 0 saturated heterocycles. The Morgan fingerprint density at radius 1 is 1.40 bits per heavy atom. The highest BCUT2D eigenvalue weighted by Gasteiger charge is 2.00. The predicted molar refractivity (Wildman–Crippen MR) is 53.2 cm³/mol. The first-order chi connectivity index (χ1) is 7.24. The van der Waals surface area contributed by atoms with Crippen LogP contribution >= 0.6 is 11.6 Å². The van der Waals surface area contributed by atoms with E-state index >= 15 is 0 Å². The SMILES string of the molecule is Cn1nnc(CNc2cnc(Cl)cn2)n1. The number of aromatic nitrogens is 6. The summed E-state index contributed by atoms with van der Waals surface area (Å²) in [5, 5.41) is 14.9. The third kappa shape index (κ3) is 2.59. The number of nitrogens with zero attached hydrogens (tertiary/aromatic N) is 6. The van der Waals surface area contributed by atoms with Crippen LogP contribution in [0.1, 0.15) is 5.82 Å². The van der Waals surface area contributed by atoms with Gasteiger partial charge in [0, 0.05) is 0 Å². The fraction of sp³-hybridized carbons (Fsp3) is 0.286. The number of hydrogen-bond donors (Lipinski definition) is 1. The van der Waals surface area contributed by atoms with Crippen LogP contribution in [0.5, 0.6) is 0 Å². The highest BCUT2D eigenvalue weighted by molar-refractivity contribution is 6.29. The van der Waals surface area contributed by atoms with Gasteiger partial charge in [0.1, 0.15) is 11.0 Å². The van der Waals surface area contributed by atoms with Crippen LogP contribution in [0.3, 0.4) is 0 Å². The van der Waals surface area contributed by atoms with Crippen molar-refractivity contribution in [2.75, 3.05) is 5.32 Å². The van der Waals surface area contributed by atoms with E-state index in [0.29, 0.717) is 23.3 Å². The minimum Gasteiger partial charge on any atom is -0.361 e. The third-order valence-corrected chi connectivity index (χ3v) is 1.79. The Morgan fingerprint density at radius 3 is 2.87 bits per heavy atom. The van der Waals surface area contributed by atoms with E-state index in [2.05, 4.69) is 30.7 Å². The second kappa shape index (κ2) is 4.18. The lowest BCUT2D eigenvalue weighted by molar-refractivity contribution is 0.628. The summed E-state index contributed by atoms with van der Waals surface area (Å²) in [6.07, 6.45) is 3.01. The molecule has 0 atom stereocenters. The highest BCUT2D eigenvalue weighted by Crippen LogP contribution is 2.05. The van der Waals surface area contributed by atoms with Gasteiger partial charge >= 0.3 is 0 Å². The smallest absolute Gasteiger partial charge is 0.193 e. The first-order valence-corrected chi connectivity index (χ1v) is 4.56. The van der Waals surface area contributed by atoms with Gasteiger partial charge in [0.25, 0.3) is 0 Å². The van der Waals surface area contributed by atoms with Gasteiger partial charge in [0.05, 0.1) is 26.0 Å². The van der Waals surface area contributed by atoms with Crippen LogP contribution in [0.2, 0.25) is 5.15 Å². The Hall–Kier alpha value is -1.76. The van der Waals surface area contributed by atoms with Gasteiger partial charge in [0.2, 0.25) is 0 Å². The molecule has 2 rings (SSSR count). The second-order valence-corrected chi connectivity index (χ2v) is 3.16. The van der Waals surface area contributed by atoms with Crippen molar-refractivity contribution in [3.8, 4) is 0 Å². The first kappa shape index (κ1) is 9.78. The molecule has 0 radical (unpaired) electrons. The van der Waals surface area contributed by atoms with Gasteiger partial charge in [-0.2, -0.15) is 4.80 Å². The summed E-state index contributed by atoms with van der Waals surface area (Å²) < 4.78 is 0. The number of hydrogen-bond acceptors (Lipinski definition) is 6. The van der Waals surface area contributed by atoms with Gasteiger partial charge in [-0.3, -0.25) is 0 Å². The van der Waals surface area contributed by atoms with Crippen LogP contribution in [0.25, 0.3) is 0 Å². The molecule has 0 fully saturated rings. The molecular formula is C7H8ClN7. The van der Waals surface area contributed by atoms with Gasteiger partial charge in [-0.15, -0.1) is 10.2 Å². The number of anilines is 1.